The molecule has 0 bridgehead atoms. The van der Waals surface area contributed by atoms with Crippen LogP contribution in [0.1, 0.15) is 206 Å². The van der Waals surface area contributed by atoms with E-state index in [9.17, 15) is 19.5 Å². The van der Waals surface area contributed by atoms with E-state index in [4.69, 9.17) is 18.9 Å². The molecule has 0 heterocycles. The van der Waals surface area contributed by atoms with Gasteiger partial charge in [0.1, 0.15) is 13.2 Å². The first-order chi connectivity index (χ1) is 34.6. The van der Waals surface area contributed by atoms with Crippen molar-refractivity contribution >= 4 is 17.9 Å². The molecule has 0 aromatic carbocycles. The van der Waals surface area contributed by atoms with E-state index in [0.29, 0.717) is 23.9 Å². The quantitative estimate of drug-likeness (QED) is 0.0211. The molecule has 0 fully saturated rings. The number of hydrogen-bond acceptors (Lipinski definition) is 7. The lowest BCUT2D eigenvalue weighted by atomic mass is 10.0. The lowest BCUT2D eigenvalue weighted by Crippen LogP contribution is -2.40. The average Bonchev–Trinajstić information content (AvgIpc) is 3.34. The Morgan fingerprint density at radius 3 is 1.13 bits per heavy atom. The summed E-state index contributed by atoms with van der Waals surface area (Å²) in [5.41, 5.74) is 0. The van der Waals surface area contributed by atoms with Crippen molar-refractivity contribution in [1.82, 2.24) is 0 Å². The number of aliphatic carboxylic acids is 1. The van der Waals surface area contributed by atoms with Crippen LogP contribution in [0.3, 0.4) is 0 Å². The number of hydrogen-bond donors (Lipinski definition) is 1. The number of carbonyl (C=O) groups is 3. The van der Waals surface area contributed by atoms with Crippen LogP contribution in [0.25, 0.3) is 0 Å². The second-order valence-electron chi connectivity index (χ2n) is 19.5. The molecule has 0 rings (SSSR count). The molecule has 0 aliphatic rings. The first-order valence-corrected chi connectivity index (χ1v) is 28.1. The standard InChI is InChI=1S/C62H103NO8/c1-6-8-10-12-14-16-18-20-22-24-25-26-27-28-29-30-31-32-33-34-35-37-39-41-43-45-47-49-51-53-60(65)71-58(57-70-62(61(66)67)68-55-54-63(3,4)5)56-69-59(64)52-50-48-46-44-42-40-38-36-23-21-19-17-15-13-11-9-7-2/h8-11,14-17,20-23,25-26,28-29,38,40,58,62H,6-7,12-13,18-19,24,27,30-37,39,41-57H2,1-5H3/p+1/b10-8-,11-9-,16-14-,17-15-,22-20-,23-21-,26-25-,29-28-,40-38-. The van der Waals surface area contributed by atoms with Crippen molar-refractivity contribution in [2.45, 2.75) is 219 Å². The molecule has 0 saturated heterocycles. The molecule has 0 aromatic heterocycles. The Balaban J connectivity index is 4.27. The molecular weight excluding hydrogens is 887 g/mol. The van der Waals surface area contributed by atoms with Gasteiger partial charge in [-0.15, -0.1) is 0 Å². The van der Waals surface area contributed by atoms with E-state index in [0.717, 1.165) is 103 Å². The molecule has 0 aliphatic heterocycles. The van der Waals surface area contributed by atoms with E-state index in [2.05, 4.69) is 123 Å². The molecule has 0 aliphatic carbocycles. The molecule has 2 atom stereocenters. The van der Waals surface area contributed by atoms with Crippen LogP contribution in [0.15, 0.2) is 109 Å². The minimum Gasteiger partial charge on any atom is -0.477 e. The van der Waals surface area contributed by atoms with Gasteiger partial charge in [0.15, 0.2) is 6.10 Å². The smallest absolute Gasteiger partial charge is 0.361 e. The minimum atomic E-state index is -1.52. The van der Waals surface area contributed by atoms with Gasteiger partial charge in [-0.3, -0.25) is 9.59 Å². The van der Waals surface area contributed by atoms with E-state index in [-0.39, 0.29) is 38.6 Å². The lowest BCUT2D eigenvalue weighted by Gasteiger charge is -2.25. The fourth-order valence-electron chi connectivity index (χ4n) is 7.27. The van der Waals surface area contributed by atoms with Crippen LogP contribution in [-0.2, 0) is 33.3 Å². The minimum absolute atomic E-state index is 0.178. The van der Waals surface area contributed by atoms with Gasteiger partial charge in [0.2, 0.25) is 0 Å². The highest BCUT2D eigenvalue weighted by atomic mass is 16.7. The normalized spacial score (nSPS) is 13.6. The third-order valence-electron chi connectivity index (χ3n) is 11.5. The van der Waals surface area contributed by atoms with Gasteiger partial charge in [-0.1, -0.05) is 207 Å². The average molecular weight is 992 g/mol. The van der Waals surface area contributed by atoms with Gasteiger partial charge in [0, 0.05) is 12.8 Å². The van der Waals surface area contributed by atoms with Crippen LogP contribution in [0.4, 0.5) is 0 Å². The number of allylic oxidation sites excluding steroid dienone is 18. The molecule has 2 unspecified atom stereocenters. The maximum absolute atomic E-state index is 12.9. The van der Waals surface area contributed by atoms with Crippen molar-refractivity contribution in [2.24, 2.45) is 0 Å². The highest BCUT2D eigenvalue weighted by molar-refractivity contribution is 5.71. The van der Waals surface area contributed by atoms with E-state index in [1.807, 2.05) is 21.1 Å². The van der Waals surface area contributed by atoms with Crippen LogP contribution in [-0.4, -0.2) is 87.4 Å². The summed E-state index contributed by atoms with van der Waals surface area (Å²) < 4.78 is 22.8. The monoisotopic (exact) mass is 991 g/mol. The van der Waals surface area contributed by atoms with Crippen LogP contribution in [0.5, 0.6) is 0 Å². The van der Waals surface area contributed by atoms with Crippen LogP contribution in [0.2, 0.25) is 0 Å². The first-order valence-electron chi connectivity index (χ1n) is 28.1. The molecule has 0 amide bonds. The summed E-state index contributed by atoms with van der Waals surface area (Å²) in [5.74, 6) is -2.05. The van der Waals surface area contributed by atoms with Crippen LogP contribution < -0.4 is 0 Å². The number of esters is 2. The van der Waals surface area contributed by atoms with Crippen molar-refractivity contribution < 1.29 is 42.9 Å². The molecule has 0 aromatic rings. The zero-order chi connectivity index (χ0) is 52.0. The molecule has 0 saturated carbocycles. The van der Waals surface area contributed by atoms with Gasteiger partial charge >= 0.3 is 17.9 Å². The molecule has 71 heavy (non-hydrogen) atoms. The second-order valence-corrected chi connectivity index (χ2v) is 19.5. The van der Waals surface area contributed by atoms with Crippen molar-refractivity contribution in [1.29, 1.82) is 0 Å². The van der Waals surface area contributed by atoms with Gasteiger partial charge in [-0.2, -0.15) is 0 Å². The molecule has 9 heteroatoms. The number of carboxylic acids is 1. The Morgan fingerprint density at radius 2 is 0.761 bits per heavy atom. The predicted octanol–water partition coefficient (Wildman–Crippen LogP) is 16.3. The highest BCUT2D eigenvalue weighted by Gasteiger charge is 2.25. The summed E-state index contributed by atoms with van der Waals surface area (Å²) in [6.07, 6.45) is 68.8. The third-order valence-corrected chi connectivity index (χ3v) is 11.5. The van der Waals surface area contributed by atoms with Gasteiger partial charge in [0.25, 0.3) is 6.29 Å². The molecular formula is C62H104NO8+. The third kappa shape index (κ3) is 53.6. The number of quaternary nitrogens is 1. The number of likely N-dealkylation sites (N-methyl/N-ethyl adjacent to an activating group) is 1. The molecule has 0 spiro atoms. The number of ether oxygens (including phenoxy) is 4. The zero-order valence-corrected chi connectivity index (χ0v) is 45.8. The van der Waals surface area contributed by atoms with Gasteiger partial charge in [-0.05, 0) is 96.3 Å². The molecule has 404 valence electrons. The Kier molecular flexibility index (Phi) is 49.3. The number of rotatable bonds is 50. The van der Waals surface area contributed by atoms with Crippen molar-refractivity contribution in [3.05, 3.63) is 109 Å². The summed E-state index contributed by atoms with van der Waals surface area (Å²) in [4.78, 5) is 37.4. The number of carbonyl (C=O) groups excluding carboxylic acids is 2. The largest absolute Gasteiger partial charge is 0.477 e. The van der Waals surface area contributed by atoms with E-state index >= 15 is 0 Å². The Bertz CT molecular complexity index is 1530. The van der Waals surface area contributed by atoms with Crippen molar-refractivity contribution in [3.63, 3.8) is 0 Å². The predicted molar refractivity (Wildman–Crippen MR) is 299 cm³/mol. The molecule has 9 nitrogen and oxygen atoms in total. The Labute approximate surface area is 434 Å². The van der Waals surface area contributed by atoms with Gasteiger partial charge in [0.05, 0.1) is 34.4 Å². The van der Waals surface area contributed by atoms with Crippen LogP contribution >= 0.6 is 0 Å². The number of unbranched alkanes of at least 4 members (excludes halogenated alkanes) is 17. The van der Waals surface area contributed by atoms with E-state index in [1.54, 1.807) is 0 Å². The summed E-state index contributed by atoms with van der Waals surface area (Å²) in [6, 6.07) is 0. The summed E-state index contributed by atoms with van der Waals surface area (Å²) in [7, 11) is 5.95. The van der Waals surface area contributed by atoms with E-state index < -0.39 is 24.3 Å². The van der Waals surface area contributed by atoms with E-state index in [1.165, 1.54) is 64.2 Å². The van der Waals surface area contributed by atoms with Gasteiger partial charge < -0.3 is 28.5 Å². The molecule has 0 radical (unpaired) electrons. The topological polar surface area (TPSA) is 108 Å². The summed E-state index contributed by atoms with van der Waals surface area (Å²) >= 11 is 0. The number of carboxylic acid groups (broad SMARTS) is 1. The Hall–Kier alpha value is -4.05. The van der Waals surface area contributed by atoms with Crippen molar-refractivity contribution in [3.8, 4) is 0 Å². The number of nitrogens with zero attached hydrogens (tertiary/aromatic N) is 1. The SMILES string of the molecule is CC/C=C\C/C=C\C/C=C\C/C=C\C/C=C\CCCCCCCCCCCCCCCC(=O)OC(COC(=O)CCCCCC/C=C\C/C=C\C/C=C\C/C=C\CC)COC(OCC[N+](C)(C)C)C(=O)O. The fraction of sp³-hybridized carbons (Fsp3) is 0.661. The van der Waals surface area contributed by atoms with Crippen LogP contribution in [0, 0.1) is 0 Å². The fourth-order valence-corrected chi connectivity index (χ4v) is 7.27. The summed E-state index contributed by atoms with van der Waals surface area (Å²) in [5, 5.41) is 9.69. The Morgan fingerprint density at radius 1 is 0.423 bits per heavy atom. The van der Waals surface area contributed by atoms with Gasteiger partial charge in [-0.25, -0.2) is 4.79 Å². The van der Waals surface area contributed by atoms with Crippen molar-refractivity contribution in [2.75, 3.05) is 47.5 Å². The maximum Gasteiger partial charge on any atom is 0.361 e. The first kappa shape index (κ1) is 67.0. The summed E-state index contributed by atoms with van der Waals surface area (Å²) in [6.45, 7) is 4.61. The zero-order valence-electron chi connectivity index (χ0n) is 45.8. The second kappa shape index (κ2) is 52.3. The molecule has 1 N–H and O–H groups in total. The lowest BCUT2D eigenvalue weighted by molar-refractivity contribution is -0.870. The highest BCUT2D eigenvalue weighted by Crippen LogP contribution is 2.15. The maximum atomic E-state index is 12.9.